The normalized spacial score (nSPS) is 25.5. The van der Waals surface area contributed by atoms with Gasteiger partial charge in [-0.15, -0.1) is 0 Å². The molecule has 0 aromatic heterocycles. The van der Waals surface area contributed by atoms with Crippen LogP contribution in [0.1, 0.15) is 33.6 Å². The standard InChI is InChI=1S/C11H18FNO4/c1-11(2,3)17-10(16)13-5-4-7(12)6-8(13)9(14)15/h7-8H,4-6H2,1-3H3,(H,14,15)/t7-,8+/m0/s1. The molecule has 6 heteroatoms. The van der Waals surface area contributed by atoms with E-state index in [-0.39, 0.29) is 19.4 Å². The lowest BCUT2D eigenvalue weighted by Gasteiger charge is -2.35. The number of likely N-dealkylation sites (tertiary alicyclic amines) is 1. The van der Waals surface area contributed by atoms with Crippen molar-refractivity contribution in [2.75, 3.05) is 6.54 Å². The van der Waals surface area contributed by atoms with Crippen molar-refractivity contribution in [3.8, 4) is 0 Å². The Balaban J connectivity index is 2.73. The van der Waals surface area contributed by atoms with Gasteiger partial charge in [0.05, 0.1) is 0 Å². The number of halogens is 1. The van der Waals surface area contributed by atoms with Crippen molar-refractivity contribution in [2.45, 2.75) is 51.4 Å². The maximum atomic E-state index is 13.1. The molecule has 1 amide bonds. The van der Waals surface area contributed by atoms with Gasteiger partial charge < -0.3 is 9.84 Å². The summed E-state index contributed by atoms with van der Waals surface area (Å²) >= 11 is 0. The number of ether oxygens (including phenoxy) is 1. The molecule has 17 heavy (non-hydrogen) atoms. The number of carboxylic acids is 1. The summed E-state index contributed by atoms with van der Waals surface area (Å²) < 4.78 is 18.2. The predicted octanol–water partition coefficient (Wildman–Crippen LogP) is 1.81. The predicted molar refractivity (Wildman–Crippen MR) is 58.5 cm³/mol. The average molecular weight is 247 g/mol. The molecule has 1 saturated heterocycles. The largest absolute Gasteiger partial charge is 0.480 e. The molecule has 0 radical (unpaired) electrons. The van der Waals surface area contributed by atoms with E-state index in [2.05, 4.69) is 0 Å². The summed E-state index contributed by atoms with van der Waals surface area (Å²) in [5.74, 6) is -1.20. The number of amides is 1. The minimum Gasteiger partial charge on any atom is -0.480 e. The summed E-state index contributed by atoms with van der Waals surface area (Å²) in [6, 6.07) is -1.13. The van der Waals surface area contributed by atoms with E-state index in [0.717, 1.165) is 4.90 Å². The fraction of sp³-hybridized carbons (Fsp3) is 0.818. The van der Waals surface area contributed by atoms with Crippen LogP contribution >= 0.6 is 0 Å². The number of alkyl halides is 1. The number of aliphatic carboxylic acids is 1. The van der Waals surface area contributed by atoms with Crippen LogP contribution in [0.5, 0.6) is 0 Å². The fourth-order valence-corrected chi connectivity index (χ4v) is 1.70. The number of hydrogen-bond acceptors (Lipinski definition) is 3. The molecule has 1 N–H and O–H groups in total. The van der Waals surface area contributed by atoms with Crippen molar-refractivity contribution in [3.63, 3.8) is 0 Å². The molecule has 5 nitrogen and oxygen atoms in total. The number of rotatable bonds is 1. The second-order valence-corrected chi connectivity index (χ2v) is 5.15. The first-order valence-electron chi connectivity index (χ1n) is 5.57. The van der Waals surface area contributed by atoms with E-state index in [1.165, 1.54) is 0 Å². The molecular formula is C11H18FNO4. The van der Waals surface area contributed by atoms with Crippen molar-refractivity contribution < 1.29 is 23.8 Å². The van der Waals surface area contributed by atoms with Gasteiger partial charge in [-0.25, -0.2) is 14.0 Å². The van der Waals surface area contributed by atoms with Crippen LogP contribution in [0.3, 0.4) is 0 Å². The first-order valence-corrected chi connectivity index (χ1v) is 5.57. The molecule has 0 bridgehead atoms. The molecule has 1 heterocycles. The number of carbonyl (C=O) groups excluding carboxylic acids is 1. The highest BCUT2D eigenvalue weighted by Crippen LogP contribution is 2.22. The van der Waals surface area contributed by atoms with E-state index in [9.17, 15) is 14.0 Å². The second kappa shape index (κ2) is 4.89. The lowest BCUT2D eigenvalue weighted by atomic mass is 10.0. The van der Waals surface area contributed by atoms with Crippen LogP contribution in [0.4, 0.5) is 9.18 Å². The van der Waals surface area contributed by atoms with Gasteiger partial charge in [-0.3, -0.25) is 4.90 Å². The Bertz CT molecular complexity index is 313. The maximum Gasteiger partial charge on any atom is 0.411 e. The highest BCUT2D eigenvalue weighted by molar-refractivity contribution is 5.80. The summed E-state index contributed by atoms with van der Waals surface area (Å²) in [6.07, 6.45) is -1.89. The number of piperidine rings is 1. The van der Waals surface area contributed by atoms with Gasteiger partial charge >= 0.3 is 12.1 Å². The van der Waals surface area contributed by atoms with E-state index in [0.29, 0.717) is 0 Å². The lowest BCUT2D eigenvalue weighted by molar-refractivity contribution is -0.145. The average Bonchev–Trinajstić information content (AvgIpc) is 2.14. The quantitative estimate of drug-likeness (QED) is 0.767. The summed E-state index contributed by atoms with van der Waals surface area (Å²) in [5, 5.41) is 8.96. The Labute approximate surface area is 99.5 Å². The number of nitrogens with zero attached hydrogens (tertiary/aromatic N) is 1. The lowest BCUT2D eigenvalue weighted by Crippen LogP contribution is -2.52. The third-order valence-corrected chi connectivity index (χ3v) is 2.45. The molecule has 0 aliphatic carbocycles. The fourth-order valence-electron chi connectivity index (χ4n) is 1.70. The van der Waals surface area contributed by atoms with Gasteiger partial charge in [-0.2, -0.15) is 0 Å². The molecule has 0 aromatic rings. The van der Waals surface area contributed by atoms with E-state index in [1.54, 1.807) is 20.8 Å². The summed E-state index contributed by atoms with van der Waals surface area (Å²) in [5.41, 5.74) is -0.688. The van der Waals surface area contributed by atoms with Gasteiger partial charge in [0, 0.05) is 13.0 Å². The van der Waals surface area contributed by atoms with Crippen LogP contribution in [0, 0.1) is 0 Å². The first-order chi connectivity index (χ1) is 7.70. The highest BCUT2D eigenvalue weighted by atomic mass is 19.1. The molecule has 2 atom stereocenters. The molecule has 1 fully saturated rings. The Morgan fingerprint density at radius 1 is 1.41 bits per heavy atom. The van der Waals surface area contributed by atoms with E-state index >= 15 is 0 Å². The van der Waals surface area contributed by atoms with E-state index in [4.69, 9.17) is 9.84 Å². The van der Waals surface area contributed by atoms with Gasteiger partial charge in [0.25, 0.3) is 0 Å². The van der Waals surface area contributed by atoms with Gasteiger partial charge in [0.15, 0.2) is 0 Å². The molecule has 1 aliphatic heterocycles. The molecule has 0 saturated carbocycles. The Morgan fingerprint density at radius 2 is 2.00 bits per heavy atom. The van der Waals surface area contributed by atoms with Crippen LogP contribution in [0.25, 0.3) is 0 Å². The second-order valence-electron chi connectivity index (χ2n) is 5.15. The number of carbonyl (C=O) groups is 2. The van der Waals surface area contributed by atoms with Crippen LogP contribution in [-0.4, -0.2) is 46.4 Å². The van der Waals surface area contributed by atoms with Crippen LogP contribution in [-0.2, 0) is 9.53 Å². The van der Waals surface area contributed by atoms with E-state index in [1.807, 2.05) is 0 Å². The summed E-state index contributed by atoms with van der Waals surface area (Å²) in [4.78, 5) is 23.8. The molecule has 1 aliphatic rings. The molecule has 0 aromatic carbocycles. The highest BCUT2D eigenvalue weighted by Gasteiger charge is 2.38. The topological polar surface area (TPSA) is 66.8 Å². The van der Waals surface area contributed by atoms with Gasteiger partial charge in [-0.1, -0.05) is 0 Å². The van der Waals surface area contributed by atoms with Crippen LogP contribution in [0.2, 0.25) is 0 Å². The minimum atomic E-state index is -1.20. The third kappa shape index (κ3) is 3.87. The summed E-state index contributed by atoms with van der Waals surface area (Å²) in [7, 11) is 0. The summed E-state index contributed by atoms with van der Waals surface area (Å²) in [6.45, 7) is 5.17. The van der Waals surface area contributed by atoms with Crippen molar-refractivity contribution in [3.05, 3.63) is 0 Å². The molecule has 0 unspecified atom stereocenters. The van der Waals surface area contributed by atoms with Crippen LogP contribution < -0.4 is 0 Å². The monoisotopic (exact) mass is 247 g/mol. The molecular weight excluding hydrogens is 229 g/mol. The van der Waals surface area contributed by atoms with Crippen molar-refractivity contribution in [1.82, 2.24) is 4.90 Å². The van der Waals surface area contributed by atoms with Gasteiger partial charge in [0.1, 0.15) is 17.8 Å². The molecule has 1 rings (SSSR count). The van der Waals surface area contributed by atoms with Crippen molar-refractivity contribution in [2.24, 2.45) is 0 Å². The van der Waals surface area contributed by atoms with Crippen LogP contribution in [0.15, 0.2) is 0 Å². The zero-order chi connectivity index (χ0) is 13.2. The van der Waals surface area contributed by atoms with Crippen molar-refractivity contribution >= 4 is 12.1 Å². The molecule has 0 spiro atoms. The third-order valence-electron chi connectivity index (χ3n) is 2.45. The maximum absolute atomic E-state index is 13.1. The van der Waals surface area contributed by atoms with E-state index < -0.39 is 29.9 Å². The Hall–Kier alpha value is -1.33. The Morgan fingerprint density at radius 3 is 2.47 bits per heavy atom. The SMILES string of the molecule is CC(C)(C)OC(=O)N1CC[C@H](F)C[C@@H]1C(=O)O. The Kier molecular flexibility index (Phi) is 3.95. The van der Waals surface area contributed by atoms with Gasteiger partial charge in [-0.05, 0) is 27.2 Å². The number of carboxylic acid groups (broad SMARTS) is 1. The number of hydrogen-bond donors (Lipinski definition) is 1. The van der Waals surface area contributed by atoms with Gasteiger partial charge in [0.2, 0.25) is 0 Å². The smallest absolute Gasteiger partial charge is 0.411 e. The zero-order valence-corrected chi connectivity index (χ0v) is 10.3. The first kappa shape index (κ1) is 13.7. The van der Waals surface area contributed by atoms with Crippen molar-refractivity contribution in [1.29, 1.82) is 0 Å². The minimum absolute atomic E-state index is 0.0764. The molecule has 98 valence electrons. The zero-order valence-electron chi connectivity index (χ0n) is 10.3.